The predicted molar refractivity (Wildman–Crippen MR) is 71.9 cm³/mol. The third kappa shape index (κ3) is 3.55. The molecule has 0 atom stereocenters. The molecule has 18 heavy (non-hydrogen) atoms. The lowest BCUT2D eigenvalue weighted by atomic mass is 9.85. The first kappa shape index (κ1) is 14.2. The second-order valence-corrected chi connectivity index (χ2v) is 5.38. The van der Waals surface area contributed by atoms with Crippen LogP contribution < -0.4 is 5.73 Å². The van der Waals surface area contributed by atoms with Crippen LogP contribution in [0.1, 0.15) is 36.7 Å². The van der Waals surface area contributed by atoms with E-state index in [0.717, 1.165) is 11.3 Å². The fourth-order valence-corrected chi connectivity index (χ4v) is 1.51. The number of carbonyl (C=O) groups is 1. The number of nitrogens with zero attached hydrogens (tertiary/aromatic N) is 3. The van der Waals surface area contributed by atoms with Crippen LogP contribution in [0.3, 0.4) is 0 Å². The van der Waals surface area contributed by atoms with Crippen LogP contribution in [-0.2, 0) is 5.41 Å². The molecular formula is C13H20N4O. The number of hydrogen-bond donors (Lipinski definition) is 1. The van der Waals surface area contributed by atoms with Crippen LogP contribution in [0, 0.1) is 0 Å². The van der Waals surface area contributed by atoms with E-state index in [0.29, 0.717) is 5.56 Å². The summed E-state index contributed by atoms with van der Waals surface area (Å²) in [5.41, 5.74) is 7.35. The van der Waals surface area contributed by atoms with Crippen LogP contribution in [-0.4, -0.2) is 25.0 Å². The Labute approximate surface area is 108 Å². The first-order valence-electron chi connectivity index (χ1n) is 5.75. The van der Waals surface area contributed by atoms with Crippen molar-refractivity contribution in [2.24, 2.45) is 16.1 Å². The quantitative estimate of drug-likeness (QED) is 0.659. The van der Waals surface area contributed by atoms with Crippen molar-refractivity contribution >= 4 is 11.6 Å². The minimum absolute atomic E-state index is 0.133. The van der Waals surface area contributed by atoms with Crippen molar-refractivity contribution in [1.82, 2.24) is 5.01 Å². The Morgan fingerprint density at radius 1 is 1.28 bits per heavy atom. The molecule has 1 aromatic rings. The van der Waals surface area contributed by atoms with Gasteiger partial charge in [0, 0.05) is 19.7 Å². The van der Waals surface area contributed by atoms with Crippen molar-refractivity contribution in [2.45, 2.75) is 26.2 Å². The molecule has 0 aliphatic heterocycles. The van der Waals surface area contributed by atoms with E-state index in [-0.39, 0.29) is 5.41 Å². The van der Waals surface area contributed by atoms with Crippen LogP contribution in [0.4, 0.5) is 5.69 Å². The second kappa shape index (κ2) is 5.16. The summed E-state index contributed by atoms with van der Waals surface area (Å²) in [5, 5.41) is 9.78. The van der Waals surface area contributed by atoms with Gasteiger partial charge in [-0.25, -0.2) is 0 Å². The van der Waals surface area contributed by atoms with Gasteiger partial charge in [0.25, 0.3) is 0 Å². The average molecular weight is 248 g/mol. The molecular weight excluding hydrogens is 228 g/mol. The van der Waals surface area contributed by atoms with Crippen molar-refractivity contribution in [3.05, 3.63) is 29.3 Å². The zero-order valence-electron chi connectivity index (χ0n) is 11.6. The predicted octanol–water partition coefficient (Wildman–Crippen LogP) is 2.64. The van der Waals surface area contributed by atoms with Crippen LogP contribution in [0.15, 0.2) is 28.5 Å². The van der Waals surface area contributed by atoms with E-state index in [1.807, 2.05) is 0 Å². The largest absolute Gasteiger partial charge is 0.366 e. The van der Waals surface area contributed by atoms with Gasteiger partial charge >= 0.3 is 0 Å². The van der Waals surface area contributed by atoms with Crippen molar-refractivity contribution < 1.29 is 4.79 Å². The highest BCUT2D eigenvalue weighted by atomic mass is 16.1. The van der Waals surface area contributed by atoms with Crippen molar-refractivity contribution in [2.75, 3.05) is 14.1 Å². The molecule has 0 heterocycles. The van der Waals surface area contributed by atoms with Crippen LogP contribution >= 0.6 is 0 Å². The van der Waals surface area contributed by atoms with Gasteiger partial charge in [0.2, 0.25) is 5.91 Å². The van der Waals surface area contributed by atoms with Gasteiger partial charge in [-0.15, -0.1) is 5.11 Å². The average Bonchev–Trinajstić information content (AvgIpc) is 2.24. The number of benzene rings is 1. The number of hydrogen-bond acceptors (Lipinski definition) is 3. The molecule has 0 radical (unpaired) electrons. The van der Waals surface area contributed by atoms with Gasteiger partial charge in [0.1, 0.15) is 0 Å². The zero-order chi connectivity index (χ0) is 13.9. The van der Waals surface area contributed by atoms with Crippen molar-refractivity contribution in [1.29, 1.82) is 0 Å². The highest BCUT2D eigenvalue weighted by Gasteiger charge is 2.19. The molecule has 0 bridgehead atoms. The first-order valence-corrected chi connectivity index (χ1v) is 5.75. The number of rotatable bonds is 3. The molecule has 0 aliphatic carbocycles. The Morgan fingerprint density at radius 3 is 2.33 bits per heavy atom. The first-order chi connectivity index (χ1) is 8.21. The third-order valence-electron chi connectivity index (χ3n) is 2.42. The summed E-state index contributed by atoms with van der Waals surface area (Å²) >= 11 is 0. The highest BCUT2D eigenvalue weighted by Crippen LogP contribution is 2.32. The summed E-state index contributed by atoms with van der Waals surface area (Å²) in [6.07, 6.45) is 0. The summed E-state index contributed by atoms with van der Waals surface area (Å²) in [6.45, 7) is 6.17. The van der Waals surface area contributed by atoms with E-state index in [2.05, 4.69) is 31.1 Å². The topological polar surface area (TPSA) is 71.1 Å². The summed E-state index contributed by atoms with van der Waals surface area (Å²) in [6, 6.07) is 5.22. The number of amides is 1. The lowest BCUT2D eigenvalue weighted by Gasteiger charge is -2.21. The van der Waals surface area contributed by atoms with Gasteiger partial charge in [0.15, 0.2) is 0 Å². The Bertz CT molecular complexity index is 472. The van der Waals surface area contributed by atoms with E-state index < -0.39 is 5.91 Å². The number of nitrogens with two attached hydrogens (primary N) is 1. The van der Waals surface area contributed by atoms with Gasteiger partial charge in [-0.05, 0) is 29.2 Å². The van der Waals surface area contributed by atoms with Gasteiger partial charge in [-0.3, -0.25) is 9.80 Å². The molecule has 0 aromatic heterocycles. The van der Waals surface area contributed by atoms with E-state index in [9.17, 15) is 4.79 Å². The van der Waals surface area contributed by atoms with Crippen LogP contribution in [0.5, 0.6) is 0 Å². The Morgan fingerprint density at radius 2 is 1.89 bits per heavy atom. The normalized spacial score (nSPS) is 11.8. The minimum Gasteiger partial charge on any atom is -0.366 e. The molecule has 0 fully saturated rings. The van der Waals surface area contributed by atoms with E-state index >= 15 is 0 Å². The molecule has 1 amide bonds. The van der Waals surface area contributed by atoms with E-state index in [1.54, 1.807) is 37.3 Å². The summed E-state index contributed by atoms with van der Waals surface area (Å²) in [4.78, 5) is 11.2. The maximum atomic E-state index is 11.2. The third-order valence-corrected chi connectivity index (χ3v) is 2.42. The summed E-state index contributed by atoms with van der Waals surface area (Å²) < 4.78 is 0. The number of carbonyl (C=O) groups excluding carboxylic acids is 1. The van der Waals surface area contributed by atoms with Gasteiger partial charge in [0.05, 0.1) is 5.69 Å². The summed E-state index contributed by atoms with van der Waals surface area (Å²) in [7, 11) is 3.61. The molecule has 2 N–H and O–H groups in total. The van der Waals surface area contributed by atoms with Gasteiger partial charge < -0.3 is 5.73 Å². The molecule has 98 valence electrons. The standard InChI is InChI=1S/C13H20N4O/c1-13(2,3)10-8-9(12(14)18)6-7-11(10)15-16-17(4)5/h6-8H,1-5H3,(H2,14,18). The smallest absolute Gasteiger partial charge is 0.248 e. The molecule has 0 spiro atoms. The monoisotopic (exact) mass is 248 g/mol. The Balaban J connectivity index is 3.30. The minimum atomic E-state index is -0.434. The molecule has 0 aliphatic rings. The SMILES string of the molecule is CN(C)N=Nc1ccc(C(N)=O)cc1C(C)(C)C. The van der Waals surface area contributed by atoms with Crippen molar-refractivity contribution in [3.63, 3.8) is 0 Å². The molecule has 1 aromatic carbocycles. The molecule has 0 unspecified atom stereocenters. The Kier molecular flexibility index (Phi) is 4.06. The van der Waals surface area contributed by atoms with Gasteiger partial charge in [-0.2, -0.15) is 0 Å². The maximum absolute atomic E-state index is 11.2. The summed E-state index contributed by atoms with van der Waals surface area (Å²) in [5.74, 6) is -0.434. The lowest BCUT2D eigenvalue weighted by molar-refractivity contribution is 0.1000. The number of primary amides is 1. The fraction of sp³-hybridized carbons (Fsp3) is 0.462. The molecule has 0 saturated carbocycles. The molecule has 0 saturated heterocycles. The highest BCUT2D eigenvalue weighted by molar-refractivity contribution is 5.93. The lowest BCUT2D eigenvalue weighted by Crippen LogP contribution is -2.16. The zero-order valence-corrected chi connectivity index (χ0v) is 11.6. The van der Waals surface area contributed by atoms with Crippen LogP contribution in [0.25, 0.3) is 0 Å². The second-order valence-electron chi connectivity index (χ2n) is 5.38. The van der Waals surface area contributed by atoms with Crippen molar-refractivity contribution in [3.8, 4) is 0 Å². The van der Waals surface area contributed by atoms with E-state index in [1.165, 1.54) is 0 Å². The van der Waals surface area contributed by atoms with Gasteiger partial charge in [-0.1, -0.05) is 26.0 Å². The molecule has 5 nitrogen and oxygen atoms in total. The molecule has 5 heteroatoms. The maximum Gasteiger partial charge on any atom is 0.248 e. The van der Waals surface area contributed by atoms with Crippen LogP contribution in [0.2, 0.25) is 0 Å². The molecule has 1 rings (SSSR count). The van der Waals surface area contributed by atoms with E-state index in [4.69, 9.17) is 5.73 Å². The fourth-order valence-electron chi connectivity index (χ4n) is 1.51. The Hall–Kier alpha value is -1.91.